The van der Waals surface area contributed by atoms with Gasteiger partial charge in [0.25, 0.3) is 0 Å². The van der Waals surface area contributed by atoms with E-state index >= 15 is 0 Å². The number of ether oxygens (including phenoxy) is 1. The molecule has 1 N–H and O–H groups in total. The summed E-state index contributed by atoms with van der Waals surface area (Å²) in [6.07, 6.45) is 0.377. The van der Waals surface area contributed by atoms with Crippen LogP contribution in [0.5, 0.6) is 0 Å². The monoisotopic (exact) mass is 345 g/mol. The Morgan fingerprint density at radius 3 is 2.12 bits per heavy atom. The average molecular weight is 345 g/mol. The third-order valence-electron chi connectivity index (χ3n) is 4.32. The van der Waals surface area contributed by atoms with Gasteiger partial charge in [-0.15, -0.1) is 0 Å². The second-order valence-corrected chi connectivity index (χ2v) is 6.22. The van der Waals surface area contributed by atoms with E-state index in [4.69, 9.17) is 4.74 Å². The maximum absolute atomic E-state index is 12.3. The predicted octanol–water partition coefficient (Wildman–Crippen LogP) is 4.36. The SMILES string of the molecule is COCc1ccccc1CNC(=O)Cc1ccc(-c2ccccc2)cc1. The molecule has 1 amide bonds. The number of hydrogen-bond acceptors (Lipinski definition) is 2. The minimum atomic E-state index is 0.0182. The molecule has 0 aliphatic carbocycles. The van der Waals surface area contributed by atoms with Crippen molar-refractivity contribution >= 4 is 5.91 Å². The van der Waals surface area contributed by atoms with E-state index in [1.165, 1.54) is 5.56 Å². The van der Waals surface area contributed by atoms with E-state index in [0.717, 1.165) is 22.3 Å². The van der Waals surface area contributed by atoms with Crippen LogP contribution < -0.4 is 5.32 Å². The lowest BCUT2D eigenvalue weighted by Crippen LogP contribution is -2.25. The molecule has 0 unspecified atom stereocenters. The first-order chi connectivity index (χ1) is 12.8. The van der Waals surface area contributed by atoms with Gasteiger partial charge in [0.05, 0.1) is 13.0 Å². The first-order valence-corrected chi connectivity index (χ1v) is 8.73. The Labute approximate surface area is 154 Å². The normalized spacial score (nSPS) is 10.5. The lowest BCUT2D eigenvalue weighted by molar-refractivity contribution is -0.120. The van der Waals surface area contributed by atoms with Gasteiger partial charge >= 0.3 is 0 Å². The molecule has 0 spiro atoms. The van der Waals surface area contributed by atoms with E-state index in [-0.39, 0.29) is 5.91 Å². The number of carbonyl (C=O) groups excluding carboxylic acids is 1. The molecule has 26 heavy (non-hydrogen) atoms. The van der Waals surface area contributed by atoms with Crippen molar-refractivity contribution < 1.29 is 9.53 Å². The van der Waals surface area contributed by atoms with Crippen LogP contribution in [0.2, 0.25) is 0 Å². The highest BCUT2D eigenvalue weighted by Crippen LogP contribution is 2.19. The van der Waals surface area contributed by atoms with Gasteiger partial charge < -0.3 is 10.1 Å². The van der Waals surface area contributed by atoms with Gasteiger partial charge in [-0.05, 0) is 27.8 Å². The molecule has 0 saturated carbocycles. The van der Waals surface area contributed by atoms with Crippen molar-refractivity contribution in [2.24, 2.45) is 0 Å². The fraction of sp³-hybridized carbons (Fsp3) is 0.174. The molecule has 3 aromatic carbocycles. The van der Waals surface area contributed by atoms with Crippen LogP contribution in [0, 0.1) is 0 Å². The lowest BCUT2D eigenvalue weighted by atomic mass is 10.0. The Kier molecular flexibility index (Phi) is 6.18. The van der Waals surface area contributed by atoms with Gasteiger partial charge in [-0.25, -0.2) is 0 Å². The third kappa shape index (κ3) is 4.80. The zero-order valence-electron chi connectivity index (χ0n) is 14.9. The Hall–Kier alpha value is -2.91. The standard InChI is InChI=1S/C23H23NO2/c1-26-17-22-10-6-5-9-21(22)16-24-23(25)15-18-11-13-20(14-12-18)19-7-3-2-4-8-19/h2-14H,15-17H2,1H3,(H,24,25). The Balaban J connectivity index is 1.57. The predicted molar refractivity (Wildman–Crippen MR) is 105 cm³/mol. The zero-order valence-corrected chi connectivity index (χ0v) is 14.9. The molecule has 132 valence electrons. The third-order valence-corrected chi connectivity index (χ3v) is 4.32. The second-order valence-electron chi connectivity index (χ2n) is 6.22. The number of amides is 1. The van der Waals surface area contributed by atoms with E-state index in [9.17, 15) is 4.79 Å². The van der Waals surface area contributed by atoms with Gasteiger partial charge in [-0.2, -0.15) is 0 Å². The first kappa shape index (κ1) is 17.9. The maximum Gasteiger partial charge on any atom is 0.224 e. The minimum absolute atomic E-state index is 0.0182. The summed E-state index contributed by atoms with van der Waals surface area (Å²) in [6, 6.07) is 26.4. The van der Waals surface area contributed by atoms with Crippen molar-refractivity contribution in [1.82, 2.24) is 5.32 Å². The topological polar surface area (TPSA) is 38.3 Å². The van der Waals surface area contributed by atoms with E-state index in [1.807, 2.05) is 54.6 Å². The molecule has 3 nitrogen and oxygen atoms in total. The van der Waals surface area contributed by atoms with Crippen LogP contribution in [-0.4, -0.2) is 13.0 Å². The van der Waals surface area contributed by atoms with E-state index < -0.39 is 0 Å². The smallest absolute Gasteiger partial charge is 0.224 e. The van der Waals surface area contributed by atoms with Gasteiger partial charge in [0.2, 0.25) is 5.91 Å². The van der Waals surface area contributed by atoms with Crippen LogP contribution in [0.15, 0.2) is 78.9 Å². The summed E-state index contributed by atoms with van der Waals surface area (Å²) in [4.78, 5) is 12.3. The first-order valence-electron chi connectivity index (χ1n) is 8.73. The Bertz CT molecular complexity index is 842. The molecule has 0 aromatic heterocycles. The molecular weight excluding hydrogens is 322 g/mol. The minimum Gasteiger partial charge on any atom is -0.380 e. The van der Waals surface area contributed by atoms with Crippen molar-refractivity contribution in [3.05, 3.63) is 95.6 Å². The van der Waals surface area contributed by atoms with Gasteiger partial charge in [0.15, 0.2) is 0 Å². The zero-order chi connectivity index (χ0) is 18.2. The Morgan fingerprint density at radius 2 is 1.42 bits per heavy atom. The highest BCUT2D eigenvalue weighted by atomic mass is 16.5. The molecule has 0 aliphatic heterocycles. The van der Waals surface area contributed by atoms with E-state index in [0.29, 0.717) is 19.6 Å². The largest absolute Gasteiger partial charge is 0.380 e. The van der Waals surface area contributed by atoms with Crippen molar-refractivity contribution in [3.8, 4) is 11.1 Å². The molecule has 0 atom stereocenters. The molecule has 0 radical (unpaired) electrons. The molecule has 3 rings (SSSR count). The molecule has 3 heteroatoms. The summed E-state index contributed by atoms with van der Waals surface area (Å²) in [5.74, 6) is 0.0182. The summed E-state index contributed by atoms with van der Waals surface area (Å²) < 4.78 is 5.21. The van der Waals surface area contributed by atoms with Gasteiger partial charge in [-0.3, -0.25) is 4.79 Å². The van der Waals surface area contributed by atoms with E-state index in [1.54, 1.807) is 7.11 Å². The molecule has 0 aliphatic rings. The highest BCUT2D eigenvalue weighted by molar-refractivity contribution is 5.79. The van der Waals surface area contributed by atoms with Crippen molar-refractivity contribution in [2.75, 3.05) is 7.11 Å². The van der Waals surface area contributed by atoms with Crippen LogP contribution in [-0.2, 0) is 29.1 Å². The average Bonchev–Trinajstić information content (AvgIpc) is 2.69. The lowest BCUT2D eigenvalue weighted by Gasteiger charge is -2.10. The number of benzene rings is 3. The van der Waals surface area contributed by atoms with Crippen LogP contribution in [0.1, 0.15) is 16.7 Å². The van der Waals surface area contributed by atoms with Crippen LogP contribution in [0.3, 0.4) is 0 Å². The highest BCUT2D eigenvalue weighted by Gasteiger charge is 2.06. The van der Waals surface area contributed by atoms with Crippen LogP contribution >= 0.6 is 0 Å². The number of rotatable bonds is 7. The van der Waals surface area contributed by atoms with E-state index in [2.05, 4.69) is 29.6 Å². The fourth-order valence-electron chi connectivity index (χ4n) is 2.91. The number of nitrogens with one attached hydrogen (secondary N) is 1. The van der Waals surface area contributed by atoms with Crippen molar-refractivity contribution in [2.45, 2.75) is 19.6 Å². The van der Waals surface area contributed by atoms with Gasteiger partial charge in [-0.1, -0.05) is 78.9 Å². The van der Waals surface area contributed by atoms with Crippen LogP contribution in [0.4, 0.5) is 0 Å². The molecule has 0 saturated heterocycles. The summed E-state index contributed by atoms with van der Waals surface area (Å²) in [6.45, 7) is 1.06. The number of methoxy groups -OCH3 is 1. The summed E-state index contributed by atoms with van der Waals surface area (Å²) in [5.41, 5.74) is 5.53. The molecule has 3 aromatic rings. The molecule has 0 bridgehead atoms. The Morgan fingerprint density at radius 1 is 0.808 bits per heavy atom. The van der Waals surface area contributed by atoms with Gasteiger partial charge in [0, 0.05) is 13.7 Å². The van der Waals surface area contributed by atoms with Crippen molar-refractivity contribution in [1.29, 1.82) is 0 Å². The summed E-state index contributed by atoms with van der Waals surface area (Å²) in [7, 11) is 1.68. The fourth-order valence-corrected chi connectivity index (χ4v) is 2.91. The summed E-state index contributed by atoms with van der Waals surface area (Å²) in [5, 5.41) is 3.00. The molecular formula is C23H23NO2. The maximum atomic E-state index is 12.3. The quantitative estimate of drug-likeness (QED) is 0.691. The summed E-state index contributed by atoms with van der Waals surface area (Å²) >= 11 is 0. The molecule has 0 heterocycles. The van der Waals surface area contributed by atoms with Gasteiger partial charge in [0.1, 0.15) is 0 Å². The number of hydrogen-bond donors (Lipinski definition) is 1. The second kappa shape index (κ2) is 8.97. The number of carbonyl (C=O) groups is 1. The molecule has 0 fully saturated rings. The van der Waals surface area contributed by atoms with Crippen LogP contribution in [0.25, 0.3) is 11.1 Å². The van der Waals surface area contributed by atoms with Crippen molar-refractivity contribution in [3.63, 3.8) is 0 Å².